The van der Waals surface area contributed by atoms with Crippen molar-refractivity contribution in [2.45, 2.75) is 94.2 Å². The summed E-state index contributed by atoms with van der Waals surface area (Å²) in [5, 5.41) is 14.4. The van der Waals surface area contributed by atoms with Gasteiger partial charge in [0.2, 0.25) is 0 Å². The predicted octanol–water partition coefficient (Wildman–Crippen LogP) is 8.94. The minimum Gasteiger partial charge on any atom is -0.401 e. The maximum Gasteiger partial charge on any atom is 0.324 e. The van der Waals surface area contributed by atoms with Crippen LogP contribution in [0.25, 0.3) is 0 Å². The molecular weight excluding hydrogens is 603 g/mol. The first-order valence-corrected chi connectivity index (χ1v) is 16.6. The van der Waals surface area contributed by atoms with E-state index in [0.717, 1.165) is 22.4 Å². The molecule has 1 aromatic rings. The number of nitrogens with two attached hydrogens (primary N) is 1. The van der Waals surface area contributed by atoms with Crippen LogP contribution in [0.4, 0.5) is 9.18 Å². The van der Waals surface area contributed by atoms with Crippen LogP contribution < -0.4 is 16.4 Å². The number of amides is 2. The summed E-state index contributed by atoms with van der Waals surface area (Å²) in [5.41, 5.74) is 11.0. The molecule has 0 saturated heterocycles. The Hall–Kier alpha value is -4.63. The fourth-order valence-corrected chi connectivity index (χ4v) is 4.00. The zero-order valence-electron chi connectivity index (χ0n) is 30.3. The number of amidine groups is 1. The minimum atomic E-state index is -0.598. The van der Waals surface area contributed by atoms with E-state index in [0.29, 0.717) is 17.8 Å². The van der Waals surface area contributed by atoms with Crippen molar-refractivity contribution in [3.8, 4) is 0 Å². The average molecular weight is 659 g/mol. The van der Waals surface area contributed by atoms with Crippen LogP contribution in [0.15, 0.2) is 123 Å². The lowest BCUT2D eigenvalue weighted by Gasteiger charge is -2.19. The Morgan fingerprint density at radius 1 is 1.12 bits per heavy atom. The number of nitrogens with one attached hydrogen (secondary N) is 2. The van der Waals surface area contributed by atoms with Crippen LogP contribution in [-0.4, -0.2) is 34.2 Å². The maximum atomic E-state index is 14.6. The van der Waals surface area contributed by atoms with Crippen molar-refractivity contribution in [1.29, 1.82) is 0 Å². The van der Waals surface area contributed by atoms with E-state index in [1.54, 1.807) is 25.4 Å². The standard InChI is InChI=1S/C27H32FN5O.C8H11NO.2C2H6/c1-18-8-5-6-10-23(22(28)14-18)32-26(34)33-25(17-24(29)27(2,3)4)31-21-12-11-20-15-19(16-21)9-7-13-30-20;1-6-3-4-9-8(5-6)7(2)10;2*1-2/h5-7,9,11-17,20H,8,10,29H2,1-4H3,(H2,31,32,33,34);3-5,7,10H,1-2H3;2*1-2H3/b6-5?,18-14-,23-22-,24-17-;;;. The number of allylic oxidation sites excluding steroid dienone is 11. The molecule has 0 fully saturated rings. The molecule has 0 spiro atoms. The molecule has 2 unspecified atom stereocenters. The third-order valence-electron chi connectivity index (χ3n) is 6.64. The monoisotopic (exact) mass is 658 g/mol. The van der Waals surface area contributed by atoms with Crippen molar-refractivity contribution in [1.82, 2.24) is 15.6 Å². The van der Waals surface area contributed by atoms with Gasteiger partial charge in [0, 0.05) is 36.0 Å². The summed E-state index contributed by atoms with van der Waals surface area (Å²) in [7, 11) is 0. The molecule has 0 aromatic carbocycles. The molecule has 0 radical (unpaired) electrons. The van der Waals surface area contributed by atoms with Gasteiger partial charge < -0.3 is 16.2 Å². The van der Waals surface area contributed by atoms with Crippen LogP contribution in [0.5, 0.6) is 0 Å². The molecule has 2 aliphatic carbocycles. The number of carbonyl (C=O) groups is 1. The molecule has 5 N–H and O–H groups in total. The second kappa shape index (κ2) is 21.3. The predicted molar refractivity (Wildman–Crippen MR) is 200 cm³/mol. The van der Waals surface area contributed by atoms with Crippen molar-refractivity contribution < 1.29 is 14.3 Å². The molecule has 2 amide bonds. The van der Waals surface area contributed by atoms with Crippen molar-refractivity contribution in [3.63, 3.8) is 0 Å². The number of aliphatic hydroxyl groups excluding tert-OH is 1. The average Bonchev–Trinajstić information content (AvgIpc) is 3.38. The molecular formula is C39H55FN6O2. The van der Waals surface area contributed by atoms with Gasteiger partial charge in [0.15, 0.2) is 0 Å². The third-order valence-corrected chi connectivity index (χ3v) is 6.64. The topological polar surface area (TPSA) is 125 Å². The van der Waals surface area contributed by atoms with Crippen molar-refractivity contribution >= 4 is 18.1 Å². The summed E-state index contributed by atoms with van der Waals surface area (Å²) in [6, 6.07) is 3.11. The van der Waals surface area contributed by atoms with Gasteiger partial charge in [-0.25, -0.2) is 14.2 Å². The molecule has 3 aliphatic rings. The molecule has 2 bridgehead atoms. The van der Waals surface area contributed by atoms with E-state index < -0.39 is 18.0 Å². The summed E-state index contributed by atoms with van der Waals surface area (Å²) < 4.78 is 14.6. The molecule has 1 aliphatic heterocycles. The molecule has 1 aromatic heterocycles. The van der Waals surface area contributed by atoms with Gasteiger partial charge in [0.05, 0.1) is 29.2 Å². The first kappa shape index (κ1) is 41.4. The van der Waals surface area contributed by atoms with Crippen molar-refractivity contribution in [2.24, 2.45) is 21.1 Å². The number of aryl methyl sites for hydroxylation is 1. The van der Waals surface area contributed by atoms with Crippen LogP contribution in [-0.2, 0) is 0 Å². The molecule has 48 heavy (non-hydrogen) atoms. The number of hydrogen-bond acceptors (Lipinski definition) is 6. The number of rotatable bonds is 4. The number of pyridine rings is 1. The van der Waals surface area contributed by atoms with E-state index in [2.05, 4.69) is 25.6 Å². The van der Waals surface area contributed by atoms with Gasteiger partial charge in [0.1, 0.15) is 11.7 Å². The number of aromatic nitrogens is 1. The molecule has 2 heterocycles. The Bertz CT molecular complexity index is 1530. The first-order valence-electron chi connectivity index (χ1n) is 16.6. The molecule has 260 valence electrons. The highest BCUT2D eigenvalue weighted by atomic mass is 19.1. The lowest BCUT2D eigenvalue weighted by atomic mass is 9.92. The third kappa shape index (κ3) is 15.3. The molecule has 2 atom stereocenters. The Labute approximate surface area is 287 Å². The molecule has 9 heteroatoms. The van der Waals surface area contributed by atoms with Gasteiger partial charge >= 0.3 is 6.03 Å². The number of hydrogen-bond donors (Lipinski definition) is 4. The number of aliphatic imine (C=N–C) groups is 2. The number of fused-ring (bicyclic) bond motifs is 1. The SMILES string of the molecule is C/C1=C/C(F)=C(/NC(=O)NC(/C=C(\N)C(C)(C)C)=NC2=CC3=CC(C=C2)N=CC=C3)CC=CC1.CC.CC.Cc1ccnc(C(C)O)c1. The Kier molecular flexibility index (Phi) is 18.4. The van der Waals surface area contributed by atoms with E-state index in [4.69, 9.17) is 10.8 Å². The number of nitrogens with zero attached hydrogens (tertiary/aromatic N) is 3. The quantitative estimate of drug-likeness (QED) is 0.146. The van der Waals surface area contributed by atoms with Gasteiger partial charge in [-0.15, -0.1) is 0 Å². The smallest absolute Gasteiger partial charge is 0.324 e. The fourth-order valence-electron chi connectivity index (χ4n) is 4.00. The van der Waals surface area contributed by atoms with Gasteiger partial charge in [-0.05, 0) is 80.8 Å². The minimum absolute atomic E-state index is 0.0809. The van der Waals surface area contributed by atoms with Crippen LogP contribution in [0.1, 0.15) is 92.5 Å². The zero-order chi connectivity index (χ0) is 36.3. The van der Waals surface area contributed by atoms with E-state index in [-0.39, 0.29) is 29.4 Å². The lowest BCUT2D eigenvalue weighted by molar-refractivity contribution is 0.194. The van der Waals surface area contributed by atoms with Gasteiger partial charge in [-0.1, -0.05) is 78.3 Å². The first-order chi connectivity index (χ1) is 22.8. The highest BCUT2D eigenvalue weighted by Crippen LogP contribution is 2.22. The van der Waals surface area contributed by atoms with E-state index in [9.17, 15) is 9.18 Å². The summed E-state index contributed by atoms with van der Waals surface area (Å²) >= 11 is 0. The maximum absolute atomic E-state index is 14.6. The lowest BCUT2D eigenvalue weighted by Crippen LogP contribution is -2.39. The number of carbonyl (C=O) groups excluding carboxylic acids is 1. The van der Waals surface area contributed by atoms with Crippen molar-refractivity contribution in [2.75, 3.05) is 0 Å². The molecule has 0 saturated carbocycles. The summed E-state index contributed by atoms with van der Waals surface area (Å²) in [4.78, 5) is 25.9. The van der Waals surface area contributed by atoms with Gasteiger partial charge in [-0.3, -0.25) is 15.3 Å². The summed E-state index contributed by atoms with van der Waals surface area (Å²) in [6.45, 7) is 19.4. The van der Waals surface area contributed by atoms with Crippen LogP contribution >= 0.6 is 0 Å². The summed E-state index contributed by atoms with van der Waals surface area (Å²) in [5.74, 6) is -0.213. The van der Waals surface area contributed by atoms with E-state index >= 15 is 0 Å². The van der Waals surface area contributed by atoms with Gasteiger partial charge in [-0.2, -0.15) is 0 Å². The highest BCUT2D eigenvalue weighted by Gasteiger charge is 2.17. The van der Waals surface area contributed by atoms with Crippen LogP contribution in [0, 0.1) is 12.3 Å². The number of aliphatic hydroxyl groups is 1. The zero-order valence-corrected chi connectivity index (χ0v) is 30.3. The van der Waals surface area contributed by atoms with E-state index in [1.165, 1.54) is 6.08 Å². The van der Waals surface area contributed by atoms with Crippen LogP contribution in [0.3, 0.4) is 0 Å². The Morgan fingerprint density at radius 2 is 1.81 bits per heavy atom. The fraction of sp³-hybridized carbons (Fsp3) is 0.385. The van der Waals surface area contributed by atoms with E-state index in [1.807, 2.05) is 123 Å². The summed E-state index contributed by atoms with van der Waals surface area (Å²) in [6.07, 6.45) is 22.3. The Morgan fingerprint density at radius 3 is 2.44 bits per heavy atom. The number of urea groups is 1. The molecule has 4 rings (SSSR count). The highest BCUT2D eigenvalue weighted by molar-refractivity contribution is 6.05. The van der Waals surface area contributed by atoms with Gasteiger partial charge in [0.25, 0.3) is 0 Å². The Balaban J connectivity index is 0.000000691. The largest absolute Gasteiger partial charge is 0.401 e. The second-order valence-electron chi connectivity index (χ2n) is 11.8. The van der Waals surface area contributed by atoms with Crippen LogP contribution in [0.2, 0.25) is 0 Å². The van der Waals surface area contributed by atoms with Crippen molar-refractivity contribution in [3.05, 3.63) is 124 Å². The molecule has 8 nitrogen and oxygen atoms in total. The number of halogens is 1. The second-order valence-corrected chi connectivity index (χ2v) is 11.8. The normalized spacial score (nSPS) is 20.5.